The topological polar surface area (TPSA) is 0 Å². The van der Waals surface area contributed by atoms with Crippen molar-refractivity contribution in [3.05, 3.63) is 35.4 Å². The highest BCUT2D eigenvalue weighted by molar-refractivity contribution is 5.22. The first-order valence-corrected chi connectivity index (χ1v) is 6.94. The molecule has 1 aromatic carbocycles. The molecule has 1 aromatic rings. The lowest BCUT2D eigenvalue weighted by Gasteiger charge is -2.02. The zero-order chi connectivity index (χ0) is 12.2. The molecule has 0 bridgehead atoms. The fraction of sp³-hybridized carbons (Fsp3) is 0.625. The van der Waals surface area contributed by atoms with E-state index < -0.39 is 0 Å². The molecule has 0 amide bonds. The first-order valence-electron chi connectivity index (χ1n) is 6.94. The lowest BCUT2D eigenvalue weighted by molar-refractivity contribution is 0.786. The van der Waals surface area contributed by atoms with Crippen LogP contribution in [0.15, 0.2) is 24.3 Å². The van der Waals surface area contributed by atoms with E-state index in [1.54, 1.807) is 0 Å². The zero-order valence-corrected chi connectivity index (χ0v) is 11.6. The minimum atomic E-state index is 1.24. The summed E-state index contributed by atoms with van der Waals surface area (Å²) in [7, 11) is 0. The highest BCUT2D eigenvalue weighted by Crippen LogP contribution is 2.10. The van der Waals surface area contributed by atoms with Crippen LogP contribution in [0, 0.1) is 0 Å². The van der Waals surface area contributed by atoms with E-state index in [2.05, 4.69) is 38.1 Å². The smallest absolute Gasteiger partial charge is 0.0279 e. The lowest BCUT2D eigenvalue weighted by atomic mass is 10.0. The molecule has 0 nitrogen and oxygen atoms in total. The van der Waals surface area contributed by atoms with E-state index in [0.717, 1.165) is 0 Å². The van der Waals surface area contributed by atoms with Crippen LogP contribution in [0.3, 0.4) is 0 Å². The second-order valence-corrected chi connectivity index (χ2v) is 4.02. The van der Waals surface area contributed by atoms with E-state index >= 15 is 0 Å². The summed E-state index contributed by atoms with van der Waals surface area (Å²) in [4.78, 5) is 0. The molecule has 0 fully saturated rings. The Morgan fingerprint density at radius 2 is 1.00 bits per heavy atom. The Morgan fingerprint density at radius 1 is 0.688 bits per heavy atom. The van der Waals surface area contributed by atoms with Crippen molar-refractivity contribution in [1.29, 1.82) is 0 Å². The van der Waals surface area contributed by atoms with Gasteiger partial charge in [-0.2, -0.15) is 0 Å². The summed E-state index contributed by atoms with van der Waals surface area (Å²) in [6, 6.07) is 9.17. The van der Waals surface area contributed by atoms with E-state index in [0.29, 0.717) is 0 Å². The van der Waals surface area contributed by atoms with E-state index in [-0.39, 0.29) is 0 Å². The third kappa shape index (κ3) is 6.66. The normalized spacial score (nSPS) is 9.50. The third-order valence-corrected chi connectivity index (χ3v) is 2.66. The molecule has 0 saturated carbocycles. The molecule has 0 aliphatic carbocycles. The number of rotatable bonds is 6. The average molecular weight is 220 g/mol. The SMILES string of the molecule is CC.CCCCc1ccc(CCCC)cc1. The Morgan fingerprint density at radius 3 is 1.25 bits per heavy atom. The summed E-state index contributed by atoms with van der Waals surface area (Å²) in [5.41, 5.74) is 2.99. The van der Waals surface area contributed by atoms with Crippen LogP contribution < -0.4 is 0 Å². The van der Waals surface area contributed by atoms with Crippen molar-refractivity contribution in [3.63, 3.8) is 0 Å². The monoisotopic (exact) mass is 220 g/mol. The second-order valence-electron chi connectivity index (χ2n) is 4.02. The van der Waals surface area contributed by atoms with Crippen LogP contribution in [0.2, 0.25) is 0 Å². The van der Waals surface area contributed by atoms with Gasteiger partial charge in [0.05, 0.1) is 0 Å². The average Bonchev–Trinajstić information content (AvgIpc) is 2.37. The maximum atomic E-state index is 2.29. The zero-order valence-electron chi connectivity index (χ0n) is 11.6. The Balaban J connectivity index is 0.00000106. The molecule has 1 rings (SSSR count). The minimum absolute atomic E-state index is 1.24. The van der Waals surface area contributed by atoms with Gasteiger partial charge in [0, 0.05) is 0 Å². The largest absolute Gasteiger partial charge is 0.0683 e. The molecule has 0 spiro atoms. The van der Waals surface area contributed by atoms with Gasteiger partial charge in [0.15, 0.2) is 0 Å². The number of aryl methyl sites for hydroxylation is 2. The van der Waals surface area contributed by atoms with Crippen LogP contribution >= 0.6 is 0 Å². The van der Waals surface area contributed by atoms with Gasteiger partial charge in [-0.05, 0) is 36.8 Å². The van der Waals surface area contributed by atoms with Gasteiger partial charge < -0.3 is 0 Å². The van der Waals surface area contributed by atoms with Crippen molar-refractivity contribution in [2.45, 2.75) is 66.2 Å². The molecule has 0 aliphatic heterocycles. The molecule has 16 heavy (non-hydrogen) atoms. The second kappa shape index (κ2) is 10.7. The molecular formula is C16H28. The van der Waals surface area contributed by atoms with Crippen molar-refractivity contribution in [3.8, 4) is 0 Å². The highest BCUT2D eigenvalue weighted by atomic mass is 14.0. The summed E-state index contributed by atoms with van der Waals surface area (Å²) in [6.07, 6.45) is 7.69. The quantitative estimate of drug-likeness (QED) is 0.602. The maximum Gasteiger partial charge on any atom is -0.0279 e. The summed E-state index contributed by atoms with van der Waals surface area (Å²) >= 11 is 0. The Bertz CT molecular complexity index is 206. The summed E-state index contributed by atoms with van der Waals surface area (Å²) in [5.74, 6) is 0. The molecule has 0 heteroatoms. The van der Waals surface area contributed by atoms with Crippen LogP contribution in [0.1, 0.15) is 64.5 Å². The number of unbranched alkanes of at least 4 members (excludes halogenated alkanes) is 2. The first kappa shape index (κ1) is 15.2. The predicted molar refractivity (Wildman–Crippen MR) is 75.0 cm³/mol. The van der Waals surface area contributed by atoms with Gasteiger partial charge in [0.2, 0.25) is 0 Å². The molecule has 92 valence electrons. The molecule has 0 atom stereocenters. The third-order valence-electron chi connectivity index (χ3n) is 2.66. The first-order chi connectivity index (χ1) is 7.86. The number of benzene rings is 1. The molecule has 0 unspecified atom stereocenters. The van der Waals surface area contributed by atoms with E-state index in [4.69, 9.17) is 0 Å². The Kier molecular flexibility index (Phi) is 10.2. The van der Waals surface area contributed by atoms with Crippen LogP contribution in [-0.2, 0) is 12.8 Å². The Labute approximate surface area is 102 Å². The van der Waals surface area contributed by atoms with Crippen LogP contribution in [0.25, 0.3) is 0 Å². The van der Waals surface area contributed by atoms with Gasteiger partial charge in [0.25, 0.3) is 0 Å². The number of hydrogen-bond acceptors (Lipinski definition) is 0. The van der Waals surface area contributed by atoms with E-state index in [9.17, 15) is 0 Å². The predicted octanol–water partition coefficient (Wildman–Crippen LogP) is 5.40. The lowest BCUT2D eigenvalue weighted by Crippen LogP contribution is -1.87. The summed E-state index contributed by atoms with van der Waals surface area (Å²) in [5, 5.41) is 0. The fourth-order valence-corrected chi connectivity index (χ4v) is 1.63. The summed E-state index contributed by atoms with van der Waals surface area (Å²) in [6.45, 7) is 8.49. The van der Waals surface area contributed by atoms with Gasteiger partial charge in [0.1, 0.15) is 0 Å². The van der Waals surface area contributed by atoms with Gasteiger partial charge in [-0.25, -0.2) is 0 Å². The van der Waals surface area contributed by atoms with Crippen molar-refractivity contribution in [2.75, 3.05) is 0 Å². The van der Waals surface area contributed by atoms with E-state index in [1.165, 1.54) is 49.7 Å². The van der Waals surface area contributed by atoms with Gasteiger partial charge in [-0.15, -0.1) is 0 Å². The van der Waals surface area contributed by atoms with Gasteiger partial charge in [-0.3, -0.25) is 0 Å². The highest BCUT2D eigenvalue weighted by Gasteiger charge is 1.94. The minimum Gasteiger partial charge on any atom is -0.0683 e. The molecule has 0 radical (unpaired) electrons. The van der Waals surface area contributed by atoms with Crippen molar-refractivity contribution >= 4 is 0 Å². The van der Waals surface area contributed by atoms with Crippen LogP contribution in [0.5, 0.6) is 0 Å². The summed E-state index contributed by atoms with van der Waals surface area (Å²) < 4.78 is 0. The van der Waals surface area contributed by atoms with Crippen LogP contribution in [0.4, 0.5) is 0 Å². The van der Waals surface area contributed by atoms with Gasteiger partial charge in [-0.1, -0.05) is 64.8 Å². The van der Waals surface area contributed by atoms with Crippen molar-refractivity contribution in [2.24, 2.45) is 0 Å². The molecule has 0 N–H and O–H groups in total. The van der Waals surface area contributed by atoms with Gasteiger partial charge >= 0.3 is 0 Å². The van der Waals surface area contributed by atoms with Crippen molar-refractivity contribution < 1.29 is 0 Å². The molecule has 0 heterocycles. The van der Waals surface area contributed by atoms with Crippen molar-refractivity contribution in [1.82, 2.24) is 0 Å². The van der Waals surface area contributed by atoms with E-state index in [1.807, 2.05) is 13.8 Å². The number of hydrogen-bond donors (Lipinski definition) is 0. The molecule has 0 aromatic heterocycles. The maximum absolute atomic E-state index is 2.29. The molecule has 0 aliphatic rings. The van der Waals surface area contributed by atoms with Crippen LogP contribution in [-0.4, -0.2) is 0 Å². The molecular weight excluding hydrogens is 192 g/mol. The fourth-order valence-electron chi connectivity index (χ4n) is 1.63. The Hall–Kier alpha value is -0.780. The molecule has 0 saturated heterocycles. The standard InChI is InChI=1S/C14H22.C2H6/c1-3-5-7-13-9-11-14(12-10-13)8-6-4-2;1-2/h9-12H,3-8H2,1-2H3;1-2H3.